The van der Waals surface area contributed by atoms with Gasteiger partial charge in [0.25, 0.3) is 5.91 Å². The van der Waals surface area contributed by atoms with Gasteiger partial charge >= 0.3 is 6.09 Å². The molecule has 1 aromatic rings. The predicted octanol–water partition coefficient (Wildman–Crippen LogP) is 4.70. The number of nitrogens with zero attached hydrogens (tertiary/aromatic N) is 1. The first-order valence-electron chi connectivity index (χ1n) is 11.9. The summed E-state index contributed by atoms with van der Waals surface area (Å²) in [6.45, 7) is 14.9. The third-order valence-corrected chi connectivity index (χ3v) is 5.17. The highest BCUT2D eigenvalue weighted by atomic mass is 16.6. The molecule has 0 fully saturated rings. The van der Waals surface area contributed by atoms with Gasteiger partial charge in [-0.05, 0) is 64.5 Å². The van der Waals surface area contributed by atoms with Crippen molar-refractivity contribution in [1.29, 1.82) is 0 Å². The van der Waals surface area contributed by atoms with Crippen molar-refractivity contribution in [2.45, 2.75) is 98.4 Å². The Morgan fingerprint density at radius 3 is 2.24 bits per heavy atom. The molecule has 34 heavy (non-hydrogen) atoms. The highest BCUT2D eigenvalue weighted by molar-refractivity contribution is 5.93. The zero-order valence-electron chi connectivity index (χ0n) is 21.9. The molecule has 3 unspecified atom stereocenters. The lowest BCUT2D eigenvalue weighted by Crippen LogP contribution is -2.52. The quantitative estimate of drug-likeness (QED) is 0.382. The van der Waals surface area contributed by atoms with E-state index in [9.17, 15) is 14.4 Å². The summed E-state index contributed by atoms with van der Waals surface area (Å²) in [5.41, 5.74) is 0.746. The Kier molecular flexibility index (Phi) is 11.1. The molecule has 188 valence electrons. The highest BCUT2D eigenvalue weighted by Crippen LogP contribution is 2.26. The van der Waals surface area contributed by atoms with E-state index >= 15 is 0 Å². The molecule has 7 nitrogen and oxygen atoms in total. The van der Waals surface area contributed by atoms with Gasteiger partial charge in [-0.25, -0.2) is 4.79 Å². The first-order chi connectivity index (χ1) is 15.8. The Morgan fingerprint density at radius 1 is 1.12 bits per heavy atom. The molecule has 0 heterocycles. The van der Waals surface area contributed by atoms with E-state index in [1.54, 1.807) is 26.8 Å². The average molecular weight is 472 g/mol. The van der Waals surface area contributed by atoms with Gasteiger partial charge in [0, 0.05) is 12.1 Å². The fraction of sp³-hybridized carbons (Fsp3) is 0.593. The number of carbonyl (C=O) groups excluding carboxylic acids is 3. The molecular weight excluding hydrogens is 430 g/mol. The Bertz CT molecular complexity index is 883. The van der Waals surface area contributed by atoms with Crippen LogP contribution in [0.25, 0.3) is 0 Å². The van der Waals surface area contributed by atoms with Gasteiger partial charge in [0.1, 0.15) is 17.7 Å². The molecule has 3 amide bonds. The zero-order chi connectivity index (χ0) is 26.1. The van der Waals surface area contributed by atoms with Crippen LogP contribution in [0.5, 0.6) is 0 Å². The van der Waals surface area contributed by atoms with Crippen molar-refractivity contribution in [3.05, 3.63) is 35.4 Å². The molecule has 0 saturated heterocycles. The average Bonchev–Trinajstić information content (AvgIpc) is 2.70. The summed E-state index contributed by atoms with van der Waals surface area (Å²) in [4.78, 5) is 40.7. The van der Waals surface area contributed by atoms with Crippen LogP contribution in [0, 0.1) is 25.3 Å². The second kappa shape index (κ2) is 13.0. The van der Waals surface area contributed by atoms with Crippen molar-refractivity contribution in [1.82, 2.24) is 15.5 Å². The van der Waals surface area contributed by atoms with Gasteiger partial charge in [-0.1, -0.05) is 57.9 Å². The number of aryl methyl sites for hydroxylation is 1. The van der Waals surface area contributed by atoms with Gasteiger partial charge in [-0.2, -0.15) is 0 Å². The third kappa shape index (κ3) is 9.09. The maximum atomic E-state index is 13.7. The maximum absolute atomic E-state index is 13.7. The van der Waals surface area contributed by atoms with Gasteiger partial charge in [0.05, 0.1) is 0 Å². The molecule has 2 N–H and O–H groups in total. The second-order valence-corrected chi connectivity index (χ2v) is 10.1. The van der Waals surface area contributed by atoms with Crippen molar-refractivity contribution in [2.75, 3.05) is 0 Å². The van der Waals surface area contributed by atoms with Crippen LogP contribution >= 0.6 is 0 Å². The number of alkyl carbamates (subject to hydrolysis) is 1. The molecule has 1 rings (SSSR count). The monoisotopic (exact) mass is 471 g/mol. The van der Waals surface area contributed by atoms with Crippen LogP contribution in [-0.4, -0.2) is 40.5 Å². The van der Waals surface area contributed by atoms with Crippen LogP contribution in [0.4, 0.5) is 4.79 Å². The Morgan fingerprint density at radius 2 is 1.74 bits per heavy atom. The fourth-order valence-electron chi connectivity index (χ4n) is 3.69. The summed E-state index contributed by atoms with van der Waals surface area (Å²) in [6.07, 6.45) is 7.15. The van der Waals surface area contributed by atoms with Crippen LogP contribution in [0.1, 0.15) is 84.9 Å². The molecule has 0 aromatic heterocycles. The summed E-state index contributed by atoms with van der Waals surface area (Å²) < 4.78 is 5.35. The summed E-state index contributed by atoms with van der Waals surface area (Å²) >= 11 is 0. The first-order valence-corrected chi connectivity index (χ1v) is 11.9. The first kappa shape index (κ1) is 29.0. The van der Waals surface area contributed by atoms with E-state index in [0.29, 0.717) is 12.0 Å². The van der Waals surface area contributed by atoms with Gasteiger partial charge in [0.2, 0.25) is 5.91 Å². The molecule has 0 aliphatic carbocycles. The highest BCUT2D eigenvalue weighted by Gasteiger charge is 2.37. The Hall–Kier alpha value is -3.01. The lowest BCUT2D eigenvalue weighted by Gasteiger charge is -2.32. The minimum atomic E-state index is -1.03. The Labute approximate surface area is 205 Å². The summed E-state index contributed by atoms with van der Waals surface area (Å²) in [5.74, 6) is -0.811. The molecule has 0 saturated carbocycles. The molecule has 0 aliphatic heterocycles. The number of nitrogens with one attached hydrogen (secondary N) is 2. The standard InChI is InChI=1S/C27H41N3O4/c1-10-14-20(6)28-24(31)23(21-16-13-12-15-19(21)5)30(11-2)25(32)22(17-18(3)4)29-26(33)34-27(7,8)9/h2,12-13,15-16,18,20,22-23H,10,14,17H2,1,3-9H3,(H,28,31)(H,29,33). The number of hydrogen-bond donors (Lipinski definition) is 2. The van der Waals surface area contributed by atoms with E-state index in [0.717, 1.165) is 23.3 Å². The van der Waals surface area contributed by atoms with Crippen LogP contribution in [-0.2, 0) is 14.3 Å². The van der Waals surface area contributed by atoms with Gasteiger partial charge in [0.15, 0.2) is 0 Å². The van der Waals surface area contributed by atoms with Crippen LogP contribution < -0.4 is 10.6 Å². The lowest BCUT2D eigenvalue weighted by atomic mass is 9.96. The number of hydrogen-bond acceptors (Lipinski definition) is 4. The summed E-state index contributed by atoms with van der Waals surface area (Å²) in [5, 5.41) is 5.65. The number of amides is 3. The van der Waals surface area contributed by atoms with Crippen molar-refractivity contribution < 1.29 is 19.1 Å². The van der Waals surface area contributed by atoms with Crippen molar-refractivity contribution in [3.63, 3.8) is 0 Å². The number of terminal acetylenes is 1. The summed E-state index contributed by atoms with van der Waals surface area (Å²) in [6, 6.07) is 7.69. The molecule has 0 spiro atoms. The maximum Gasteiger partial charge on any atom is 0.408 e. The molecular formula is C27H41N3O4. The Balaban J connectivity index is 3.38. The zero-order valence-corrected chi connectivity index (χ0v) is 21.9. The molecule has 0 bridgehead atoms. The SMILES string of the molecule is C#CN(C(=O)C(CC(C)C)NC(=O)OC(C)(C)C)C(C(=O)NC(C)CCC)c1ccccc1C. The minimum absolute atomic E-state index is 0.0786. The molecule has 3 atom stereocenters. The molecule has 1 aromatic carbocycles. The molecule has 0 aliphatic rings. The van der Waals surface area contributed by atoms with E-state index < -0.39 is 29.7 Å². The van der Waals surface area contributed by atoms with Crippen molar-refractivity contribution >= 4 is 17.9 Å². The van der Waals surface area contributed by atoms with E-state index in [2.05, 4.69) is 16.7 Å². The van der Waals surface area contributed by atoms with E-state index in [-0.39, 0.29) is 17.9 Å². The van der Waals surface area contributed by atoms with Gasteiger partial charge in [-0.3, -0.25) is 14.5 Å². The topological polar surface area (TPSA) is 87.7 Å². The number of rotatable bonds is 10. The molecule has 0 radical (unpaired) electrons. The number of ether oxygens (including phenoxy) is 1. The predicted molar refractivity (Wildman–Crippen MR) is 135 cm³/mol. The van der Waals surface area contributed by atoms with Crippen LogP contribution in [0.2, 0.25) is 0 Å². The van der Waals surface area contributed by atoms with Crippen LogP contribution in [0.3, 0.4) is 0 Å². The fourth-order valence-corrected chi connectivity index (χ4v) is 3.69. The van der Waals surface area contributed by atoms with Gasteiger partial charge < -0.3 is 15.4 Å². The normalized spacial score (nSPS) is 13.9. The van der Waals surface area contributed by atoms with E-state index in [1.165, 1.54) is 0 Å². The van der Waals surface area contributed by atoms with Crippen molar-refractivity contribution in [2.24, 2.45) is 5.92 Å². The largest absolute Gasteiger partial charge is 0.444 e. The number of carbonyl (C=O) groups is 3. The second-order valence-electron chi connectivity index (χ2n) is 10.1. The lowest BCUT2D eigenvalue weighted by molar-refractivity contribution is -0.139. The minimum Gasteiger partial charge on any atom is -0.444 e. The van der Waals surface area contributed by atoms with E-state index in [4.69, 9.17) is 11.2 Å². The molecule has 7 heteroatoms. The van der Waals surface area contributed by atoms with Crippen molar-refractivity contribution in [3.8, 4) is 12.5 Å². The van der Waals surface area contributed by atoms with Gasteiger partial charge in [-0.15, -0.1) is 0 Å². The smallest absolute Gasteiger partial charge is 0.408 e. The van der Waals surface area contributed by atoms with Crippen LogP contribution in [0.15, 0.2) is 24.3 Å². The summed E-state index contributed by atoms with van der Waals surface area (Å²) in [7, 11) is 0. The number of benzene rings is 1. The van der Waals surface area contributed by atoms with E-state index in [1.807, 2.05) is 52.8 Å². The third-order valence-electron chi connectivity index (χ3n) is 5.17.